The second kappa shape index (κ2) is 9.99. The Morgan fingerprint density at radius 3 is 2.61 bits per heavy atom. The van der Waals surface area contributed by atoms with E-state index in [1.54, 1.807) is 0 Å². The first-order valence-electron chi connectivity index (χ1n) is 9.77. The smallest absolute Gasteiger partial charge is 0.254 e. The van der Waals surface area contributed by atoms with Gasteiger partial charge in [-0.1, -0.05) is 6.07 Å². The predicted molar refractivity (Wildman–Crippen MR) is 113 cm³/mol. The van der Waals surface area contributed by atoms with Crippen LogP contribution in [0.25, 0.3) is 0 Å². The molecular weight excluding hydrogens is 425 g/mol. The highest BCUT2D eigenvalue weighted by molar-refractivity contribution is 7.89. The molecule has 166 valence electrons. The maximum atomic E-state index is 13.0. The maximum absolute atomic E-state index is 13.0. The number of hydrogen-bond donors (Lipinski definition) is 2. The Labute approximate surface area is 180 Å². The van der Waals surface area contributed by atoms with Crippen molar-refractivity contribution >= 4 is 27.5 Å². The summed E-state index contributed by atoms with van der Waals surface area (Å²) >= 11 is 0. The lowest BCUT2D eigenvalue weighted by Gasteiger charge is -2.17. The number of benzene rings is 2. The van der Waals surface area contributed by atoms with Crippen LogP contribution < -0.4 is 10.0 Å². The number of carbonyl (C=O) groups excluding carboxylic acids is 2. The lowest BCUT2D eigenvalue weighted by atomic mass is 10.2. The van der Waals surface area contributed by atoms with Crippen molar-refractivity contribution in [3.05, 3.63) is 59.9 Å². The molecule has 31 heavy (non-hydrogen) atoms. The normalized spacial score (nSPS) is 16.1. The number of ether oxygens (including phenoxy) is 1. The molecule has 8 nitrogen and oxygen atoms in total. The summed E-state index contributed by atoms with van der Waals surface area (Å²) in [4.78, 5) is 26.0. The van der Waals surface area contributed by atoms with E-state index in [4.69, 9.17) is 4.74 Å². The Hall–Kier alpha value is -2.82. The highest BCUT2D eigenvalue weighted by Gasteiger charge is 2.22. The fourth-order valence-electron chi connectivity index (χ4n) is 3.13. The number of likely N-dealkylation sites (N-methyl/N-ethyl adjacent to an activating group) is 1. The van der Waals surface area contributed by atoms with Gasteiger partial charge in [0.25, 0.3) is 5.91 Å². The van der Waals surface area contributed by atoms with Gasteiger partial charge in [-0.15, -0.1) is 0 Å². The summed E-state index contributed by atoms with van der Waals surface area (Å²) in [5.41, 5.74) is 0.537. The van der Waals surface area contributed by atoms with Gasteiger partial charge >= 0.3 is 0 Å². The minimum Gasteiger partial charge on any atom is -0.377 e. The fraction of sp³-hybridized carbons (Fsp3) is 0.333. The number of hydrogen-bond acceptors (Lipinski definition) is 5. The van der Waals surface area contributed by atoms with E-state index in [1.807, 2.05) is 0 Å². The van der Waals surface area contributed by atoms with E-state index >= 15 is 0 Å². The molecule has 1 heterocycles. The summed E-state index contributed by atoms with van der Waals surface area (Å²) in [6.07, 6.45) is 1.55. The summed E-state index contributed by atoms with van der Waals surface area (Å²) in [5, 5.41) is 2.57. The lowest BCUT2D eigenvalue weighted by molar-refractivity contribution is -0.116. The minimum absolute atomic E-state index is 0.0412. The molecule has 2 aromatic rings. The van der Waals surface area contributed by atoms with Crippen molar-refractivity contribution in [2.45, 2.75) is 23.8 Å². The van der Waals surface area contributed by atoms with E-state index < -0.39 is 27.7 Å². The zero-order chi connectivity index (χ0) is 22.4. The molecule has 0 aliphatic carbocycles. The van der Waals surface area contributed by atoms with Crippen LogP contribution in [0, 0.1) is 5.82 Å². The molecule has 0 spiro atoms. The standard InChI is InChI=1S/C21H24FN3O5S/c1-25(14-20(26)24-17-9-7-16(22)8-10-17)21(27)15-4-2-6-19(12-15)31(28,29)23-13-18-5-3-11-30-18/h2,4,6-10,12,18,23H,3,5,11,13-14H2,1H3,(H,24,26). The topological polar surface area (TPSA) is 105 Å². The summed E-state index contributed by atoms with van der Waals surface area (Å²) < 4.78 is 46.0. The number of nitrogens with one attached hydrogen (secondary N) is 2. The van der Waals surface area contributed by atoms with Gasteiger partial charge < -0.3 is 15.0 Å². The average molecular weight is 450 g/mol. The van der Waals surface area contributed by atoms with Gasteiger partial charge in [-0.3, -0.25) is 9.59 Å². The van der Waals surface area contributed by atoms with Gasteiger partial charge in [0.05, 0.1) is 17.5 Å². The lowest BCUT2D eigenvalue weighted by Crippen LogP contribution is -2.35. The average Bonchev–Trinajstić information content (AvgIpc) is 3.27. The molecule has 2 N–H and O–H groups in total. The first kappa shape index (κ1) is 22.9. The predicted octanol–water partition coefficient (Wildman–Crippen LogP) is 1.99. The Morgan fingerprint density at radius 1 is 1.19 bits per heavy atom. The zero-order valence-electron chi connectivity index (χ0n) is 17.0. The Kier molecular flexibility index (Phi) is 7.37. The molecule has 3 rings (SSSR count). The highest BCUT2D eigenvalue weighted by atomic mass is 32.2. The first-order chi connectivity index (χ1) is 14.7. The van der Waals surface area contributed by atoms with Crippen molar-refractivity contribution in [2.75, 3.05) is 32.1 Å². The van der Waals surface area contributed by atoms with Gasteiger partial charge in [0.2, 0.25) is 15.9 Å². The summed E-state index contributed by atoms with van der Waals surface area (Å²) in [6, 6.07) is 10.9. The van der Waals surface area contributed by atoms with Crippen LogP contribution in [0.2, 0.25) is 0 Å². The van der Waals surface area contributed by atoms with Crippen molar-refractivity contribution in [1.29, 1.82) is 0 Å². The van der Waals surface area contributed by atoms with Crippen LogP contribution in [0.15, 0.2) is 53.4 Å². The van der Waals surface area contributed by atoms with Gasteiger partial charge in [0.15, 0.2) is 0 Å². The van der Waals surface area contributed by atoms with E-state index in [0.29, 0.717) is 12.3 Å². The van der Waals surface area contributed by atoms with Gasteiger partial charge in [0.1, 0.15) is 5.82 Å². The fourth-order valence-corrected chi connectivity index (χ4v) is 4.24. The Bertz CT molecular complexity index is 1040. The molecule has 1 aliphatic rings. The number of halogens is 1. The molecule has 0 radical (unpaired) electrons. The van der Waals surface area contributed by atoms with E-state index in [-0.39, 0.29) is 29.7 Å². The molecule has 1 atom stereocenters. The van der Waals surface area contributed by atoms with Crippen molar-refractivity contribution in [1.82, 2.24) is 9.62 Å². The largest absolute Gasteiger partial charge is 0.377 e. The van der Waals surface area contributed by atoms with Crippen LogP contribution in [0.1, 0.15) is 23.2 Å². The van der Waals surface area contributed by atoms with Crippen molar-refractivity contribution in [3.8, 4) is 0 Å². The molecule has 2 aromatic carbocycles. The molecule has 0 saturated carbocycles. The van der Waals surface area contributed by atoms with Gasteiger partial charge in [-0.05, 0) is 55.3 Å². The van der Waals surface area contributed by atoms with E-state index in [0.717, 1.165) is 12.8 Å². The molecular formula is C21H24FN3O5S. The third kappa shape index (κ3) is 6.33. The third-order valence-corrected chi connectivity index (χ3v) is 6.19. The summed E-state index contributed by atoms with van der Waals surface area (Å²) in [6.45, 7) is 0.534. The number of sulfonamides is 1. The van der Waals surface area contributed by atoms with Crippen LogP contribution in [-0.4, -0.2) is 58.0 Å². The second-order valence-electron chi connectivity index (χ2n) is 7.23. The van der Waals surface area contributed by atoms with Crippen LogP contribution in [-0.2, 0) is 19.6 Å². The van der Waals surface area contributed by atoms with E-state index in [2.05, 4.69) is 10.0 Å². The molecule has 1 aliphatic heterocycles. The number of anilines is 1. The van der Waals surface area contributed by atoms with Gasteiger partial charge in [-0.25, -0.2) is 17.5 Å². The van der Waals surface area contributed by atoms with Crippen molar-refractivity contribution in [3.63, 3.8) is 0 Å². The molecule has 10 heteroatoms. The van der Waals surface area contributed by atoms with Crippen LogP contribution in [0.5, 0.6) is 0 Å². The molecule has 0 aromatic heterocycles. The monoisotopic (exact) mass is 449 g/mol. The third-order valence-electron chi connectivity index (χ3n) is 4.77. The van der Waals surface area contributed by atoms with Gasteiger partial charge in [0, 0.05) is 31.5 Å². The highest BCUT2D eigenvalue weighted by Crippen LogP contribution is 2.16. The quantitative estimate of drug-likeness (QED) is 0.641. The first-order valence-corrected chi connectivity index (χ1v) is 11.2. The van der Waals surface area contributed by atoms with Gasteiger partial charge in [-0.2, -0.15) is 0 Å². The van der Waals surface area contributed by atoms with Crippen molar-refractivity contribution in [2.24, 2.45) is 0 Å². The number of rotatable bonds is 8. The summed E-state index contributed by atoms with van der Waals surface area (Å²) in [7, 11) is -2.37. The second-order valence-corrected chi connectivity index (χ2v) is 9.00. The minimum atomic E-state index is -3.81. The molecule has 2 amide bonds. The summed E-state index contributed by atoms with van der Waals surface area (Å²) in [5.74, 6) is -1.40. The molecule has 1 saturated heterocycles. The van der Waals surface area contributed by atoms with Crippen LogP contribution in [0.3, 0.4) is 0 Å². The molecule has 0 bridgehead atoms. The Morgan fingerprint density at radius 2 is 1.94 bits per heavy atom. The Balaban J connectivity index is 1.61. The number of carbonyl (C=O) groups is 2. The molecule has 1 unspecified atom stereocenters. The molecule has 1 fully saturated rings. The maximum Gasteiger partial charge on any atom is 0.254 e. The van der Waals surface area contributed by atoms with E-state index in [1.165, 1.54) is 60.5 Å². The van der Waals surface area contributed by atoms with Crippen molar-refractivity contribution < 1.29 is 27.1 Å². The van der Waals surface area contributed by atoms with Crippen LogP contribution >= 0.6 is 0 Å². The number of amides is 2. The SMILES string of the molecule is CN(CC(=O)Nc1ccc(F)cc1)C(=O)c1cccc(S(=O)(=O)NCC2CCCO2)c1. The number of nitrogens with zero attached hydrogens (tertiary/aromatic N) is 1. The van der Waals surface area contributed by atoms with Crippen LogP contribution in [0.4, 0.5) is 10.1 Å². The van der Waals surface area contributed by atoms with E-state index in [9.17, 15) is 22.4 Å². The zero-order valence-corrected chi connectivity index (χ0v) is 17.8.